The highest BCUT2D eigenvalue weighted by molar-refractivity contribution is 9.10. The zero-order valence-corrected chi connectivity index (χ0v) is 26.7. The Labute approximate surface area is 271 Å². The fourth-order valence-electron chi connectivity index (χ4n) is 5.05. The third-order valence-corrected chi connectivity index (χ3v) is 8.86. The minimum atomic E-state index is -0.710. The molecule has 4 aromatic carbocycles. The third-order valence-electron chi connectivity index (χ3n) is 7.03. The molecule has 0 aliphatic carbocycles. The van der Waals surface area contributed by atoms with Crippen molar-refractivity contribution in [3.8, 4) is 5.75 Å². The van der Waals surface area contributed by atoms with Crippen molar-refractivity contribution < 1.29 is 14.3 Å². The topological polar surface area (TPSA) is 69.9 Å². The lowest BCUT2D eigenvalue weighted by molar-refractivity contribution is -0.138. The number of nitrogens with zero attached hydrogens (tertiary/aromatic N) is 2. The smallest absolute Gasteiger partial charge is 0.338 e. The van der Waals surface area contributed by atoms with Crippen molar-refractivity contribution in [3.05, 3.63) is 160 Å². The predicted octanol–water partition coefficient (Wildman–Crippen LogP) is 6.93. The summed E-state index contributed by atoms with van der Waals surface area (Å²) in [4.78, 5) is 33.0. The van der Waals surface area contributed by atoms with E-state index in [1.165, 1.54) is 11.3 Å². The molecule has 0 radical (unpaired) electrons. The molecule has 1 aliphatic heterocycles. The molecule has 9 heteroatoms. The Balaban J connectivity index is 1.44. The van der Waals surface area contributed by atoms with Gasteiger partial charge in [-0.3, -0.25) is 9.36 Å². The van der Waals surface area contributed by atoms with Crippen LogP contribution in [0.2, 0.25) is 5.02 Å². The van der Waals surface area contributed by atoms with Crippen LogP contribution in [0.1, 0.15) is 35.2 Å². The molecule has 1 aromatic heterocycles. The molecule has 0 N–H and O–H groups in total. The van der Waals surface area contributed by atoms with Gasteiger partial charge in [-0.2, -0.15) is 0 Å². The molecule has 0 saturated heterocycles. The molecule has 1 atom stereocenters. The Morgan fingerprint density at radius 1 is 1.00 bits per heavy atom. The molecule has 220 valence electrons. The zero-order chi connectivity index (χ0) is 30.6. The summed E-state index contributed by atoms with van der Waals surface area (Å²) in [5, 5.41) is 0.654. The van der Waals surface area contributed by atoms with Gasteiger partial charge in [0.25, 0.3) is 5.56 Å². The van der Waals surface area contributed by atoms with Crippen LogP contribution in [0.5, 0.6) is 5.75 Å². The van der Waals surface area contributed by atoms with E-state index in [0.29, 0.717) is 38.0 Å². The Morgan fingerprint density at radius 2 is 1.75 bits per heavy atom. The quantitative estimate of drug-likeness (QED) is 0.166. The van der Waals surface area contributed by atoms with Crippen LogP contribution >= 0.6 is 38.9 Å². The number of hydrogen-bond acceptors (Lipinski definition) is 6. The average molecular weight is 686 g/mol. The molecular formula is C35H26BrClN2O4S. The highest BCUT2D eigenvalue weighted by atomic mass is 79.9. The van der Waals surface area contributed by atoms with E-state index in [0.717, 1.165) is 26.7 Å². The largest absolute Gasteiger partial charge is 0.488 e. The summed E-state index contributed by atoms with van der Waals surface area (Å²) in [6, 6.07) is 31.5. The summed E-state index contributed by atoms with van der Waals surface area (Å²) in [6.45, 7) is 2.33. The van der Waals surface area contributed by atoms with Gasteiger partial charge in [0.2, 0.25) is 0 Å². The number of ether oxygens (including phenoxy) is 2. The number of halogens is 2. The van der Waals surface area contributed by atoms with Crippen molar-refractivity contribution in [2.24, 2.45) is 4.99 Å². The number of fused-ring (bicyclic) bond motifs is 1. The lowest BCUT2D eigenvalue weighted by atomic mass is 9.93. The molecule has 6 nitrogen and oxygen atoms in total. The summed E-state index contributed by atoms with van der Waals surface area (Å²) in [7, 11) is 0. The summed E-state index contributed by atoms with van der Waals surface area (Å²) >= 11 is 11.0. The minimum Gasteiger partial charge on any atom is -0.488 e. The van der Waals surface area contributed by atoms with Gasteiger partial charge in [-0.1, -0.05) is 102 Å². The number of benzene rings is 4. The lowest BCUT2D eigenvalue weighted by Crippen LogP contribution is -2.39. The van der Waals surface area contributed by atoms with Gasteiger partial charge in [-0.05, 0) is 69.9 Å². The van der Waals surface area contributed by atoms with Crippen molar-refractivity contribution in [1.29, 1.82) is 0 Å². The van der Waals surface area contributed by atoms with Gasteiger partial charge in [-0.15, -0.1) is 0 Å². The number of esters is 1. The Bertz CT molecular complexity index is 2060. The first-order chi connectivity index (χ1) is 21.4. The summed E-state index contributed by atoms with van der Waals surface area (Å²) < 4.78 is 14.4. The fourth-order valence-corrected chi connectivity index (χ4v) is 6.78. The van der Waals surface area contributed by atoms with E-state index < -0.39 is 12.0 Å². The van der Waals surface area contributed by atoms with Gasteiger partial charge >= 0.3 is 5.97 Å². The first kappa shape index (κ1) is 29.8. The first-order valence-corrected chi connectivity index (χ1v) is 15.9. The average Bonchev–Trinajstić information content (AvgIpc) is 3.34. The molecule has 6 rings (SSSR count). The van der Waals surface area contributed by atoms with Crippen LogP contribution in [-0.2, 0) is 16.1 Å². The molecule has 0 unspecified atom stereocenters. The van der Waals surface area contributed by atoms with E-state index in [9.17, 15) is 9.59 Å². The maximum absolute atomic E-state index is 14.1. The van der Waals surface area contributed by atoms with Crippen molar-refractivity contribution in [3.63, 3.8) is 0 Å². The molecular weight excluding hydrogens is 660 g/mol. The lowest BCUT2D eigenvalue weighted by Gasteiger charge is -2.25. The summed E-state index contributed by atoms with van der Waals surface area (Å²) in [5.41, 5.74) is 3.90. The Kier molecular flexibility index (Phi) is 8.93. The second-order valence-electron chi connectivity index (χ2n) is 9.95. The molecule has 0 bridgehead atoms. The van der Waals surface area contributed by atoms with Gasteiger partial charge in [0.05, 0.1) is 32.9 Å². The van der Waals surface area contributed by atoms with Crippen molar-refractivity contribution >= 4 is 56.6 Å². The Hall–Kier alpha value is -4.24. The SMILES string of the molecule is CCOC(=O)C1=C(c2ccccc2)N=c2s/c(=C\c3ccc(OCc4cccc(Cl)c4)c(Br)c3)c(=O)n2[C@H]1c1ccccc1. The number of rotatable bonds is 8. The van der Waals surface area contributed by atoms with E-state index >= 15 is 0 Å². The van der Waals surface area contributed by atoms with Gasteiger partial charge < -0.3 is 9.47 Å². The zero-order valence-electron chi connectivity index (χ0n) is 23.6. The van der Waals surface area contributed by atoms with Crippen LogP contribution in [0.25, 0.3) is 11.8 Å². The first-order valence-electron chi connectivity index (χ1n) is 13.9. The van der Waals surface area contributed by atoms with Gasteiger partial charge in [0.1, 0.15) is 12.4 Å². The molecule has 0 amide bonds. The molecule has 0 fully saturated rings. The molecule has 0 spiro atoms. The van der Waals surface area contributed by atoms with E-state index in [-0.39, 0.29) is 12.2 Å². The second kappa shape index (κ2) is 13.2. The van der Waals surface area contributed by atoms with Crippen LogP contribution in [0.4, 0.5) is 0 Å². The second-order valence-corrected chi connectivity index (χ2v) is 12.3. The summed E-state index contributed by atoms with van der Waals surface area (Å²) in [5.74, 6) is 0.162. The van der Waals surface area contributed by atoms with Gasteiger partial charge in [-0.25, -0.2) is 9.79 Å². The van der Waals surface area contributed by atoms with Crippen molar-refractivity contribution in [2.45, 2.75) is 19.6 Å². The fraction of sp³-hybridized carbons (Fsp3) is 0.114. The number of aromatic nitrogens is 1. The number of carbonyl (C=O) groups is 1. The van der Waals surface area contributed by atoms with Gasteiger partial charge in [0, 0.05) is 10.6 Å². The molecule has 0 saturated carbocycles. The van der Waals surface area contributed by atoms with Crippen LogP contribution in [0.15, 0.2) is 123 Å². The molecule has 2 heterocycles. The predicted molar refractivity (Wildman–Crippen MR) is 177 cm³/mol. The van der Waals surface area contributed by atoms with Crippen LogP contribution in [-0.4, -0.2) is 17.1 Å². The van der Waals surface area contributed by atoms with E-state index in [4.69, 9.17) is 26.1 Å². The van der Waals surface area contributed by atoms with Crippen LogP contribution < -0.4 is 19.6 Å². The standard InChI is InChI=1S/C35H26BrClN2O4S/c1-2-42-34(41)30-31(24-11-5-3-6-12-24)38-35-39(32(30)25-13-7-4-8-14-25)33(40)29(44-35)20-22-16-17-28(27(36)19-22)43-21-23-10-9-15-26(37)18-23/h3-20,32H,2,21H2,1H3/b29-20-/t32-/m0/s1. The van der Waals surface area contributed by atoms with Crippen LogP contribution in [0.3, 0.4) is 0 Å². The minimum absolute atomic E-state index is 0.198. The number of thiazole rings is 1. The Morgan fingerprint density at radius 3 is 2.45 bits per heavy atom. The monoisotopic (exact) mass is 684 g/mol. The van der Waals surface area contributed by atoms with Gasteiger partial charge in [0.15, 0.2) is 4.80 Å². The highest BCUT2D eigenvalue weighted by Crippen LogP contribution is 2.35. The van der Waals surface area contributed by atoms with E-state index in [2.05, 4.69) is 15.9 Å². The van der Waals surface area contributed by atoms with Crippen LogP contribution in [0, 0.1) is 0 Å². The maximum Gasteiger partial charge on any atom is 0.338 e. The highest BCUT2D eigenvalue weighted by Gasteiger charge is 2.35. The summed E-state index contributed by atoms with van der Waals surface area (Å²) in [6.07, 6.45) is 1.83. The van der Waals surface area contributed by atoms with Crippen molar-refractivity contribution in [2.75, 3.05) is 6.61 Å². The third kappa shape index (κ3) is 6.19. The molecule has 44 heavy (non-hydrogen) atoms. The number of carbonyl (C=O) groups excluding carboxylic acids is 1. The van der Waals surface area contributed by atoms with E-state index in [1.54, 1.807) is 11.5 Å². The molecule has 5 aromatic rings. The molecule has 1 aliphatic rings. The van der Waals surface area contributed by atoms with E-state index in [1.807, 2.05) is 109 Å². The number of hydrogen-bond donors (Lipinski definition) is 0. The normalized spacial score (nSPS) is 14.6. The maximum atomic E-state index is 14.1. The van der Waals surface area contributed by atoms with Crippen molar-refractivity contribution in [1.82, 2.24) is 4.57 Å².